The van der Waals surface area contributed by atoms with E-state index in [9.17, 15) is 4.79 Å². The van der Waals surface area contributed by atoms with E-state index in [1.165, 1.54) is 11.8 Å². The van der Waals surface area contributed by atoms with Crippen molar-refractivity contribution in [3.63, 3.8) is 0 Å². The predicted molar refractivity (Wildman–Crippen MR) is 113 cm³/mol. The molecule has 0 aliphatic carbocycles. The lowest BCUT2D eigenvalue weighted by molar-refractivity contribution is -0.127. The monoisotopic (exact) mass is 435 g/mol. The summed E-state index contributed by atoms with van der Waals surface area (Å²) in [6.45, 7) is 5.28. The van der Waals surface area contributed by atoms with E-state index < -0.39 is 0 Å². The first-order valence-electron chi connectivity index (χ1n) is 8.77. The van der Waals surface area contributed by atoms with Crippen LogP contribution in [0.5, 0.6) is 0 Å². The van der Waals surface area contributed by atoms with Crippen LogP contribution in [0.3, 0.4) is 0 Å². The Morgan fingerprint density at radius 2 is 1.79 bits per heavy atom. The molecule has 1 amide bonds. The summed E-state index contributed by atoms with van der Waals surface area (Å²) in [5.74, 6) is 0.972. The molecule has 28 heavy (non-hydrogen) atoms. The predicted octanol–water partition coefficient (Wildman–Crippen LogP) is 4.60. The summed E-state index contributed by atoms with van der Waals surface area (Å²) < 4.78 is 1.87. The van der Waals surface area contributed by atoms with Crippen LogP contribution >= 0.6 is 35.0 Å². The second-order valence-corrected chi connectivity index (χ2v) is 7.59. The lowest BCUT2D eigenvalue weighted by Crippen LogP contribution is -2.31. The van der Waals surface area contributed by atoms with Crippen LogP contribution in [0.15, 0.2) is 47.9 Å². The Hall–Kier alpha value is -2.09. The van der Waals surface area contributed by atoms with Crippen molar-refractivity contribution in [2.24, 2.45) is 0 Å². The van der Waals surface area contributed by atoms with E-state index in [0.717, 1.165) is 11.3 Å². The highest BCUT2D eigenvalue weighted by atomic mass is 35.5. The van der Waals surface area contributed by atoms with Gasteiger partial charge in [-0.05, 0) is 44.2 Å². The molecule has 3 aromatic rings. The average Bonchev–Trinajstić information content (AvgIpc) is 3.14. The highest BCUT2D eigenvalue weighted by molar-refractivity contribution is 7.99. The molecule has 0 aliphatic heterocycles. The van der Waals surface area contributed by atoms with Crippen molar-refractivity contribution in [1.82, 2.24) is 24.6 Å². The fraction of sp³-hybridized carbons (Fsp3) is 0.263. The van der Waals surface area contributed by atoms with Crippen LogP contribution in [0.25, 0.3) is 17.1 Å². The second-order valence-electron chi connectivity index (χ2n) is 5.83. The summed E-state index contributed by atoms with van der Waals surface area (Å²) in [6.07, 6.45) is 3.39. The lowest BCUT2D eigenvalue weighted by Gasteiger charge is -2.18. The summed E-state index contributed by atoms with van der Waals surface area (Å²) >= 11 is 13.6. The Morgan fingerprint density at radius 3 is 2.43 bits per heavy atom. The zero-order valence-corrected chi connectivity index (χ0v) is 17.8. The number of amides is 1. The molecule has 0 spiro atoms. The van der Waals surface area contributed by atoms with Crippen molar-refractivity contribution < 1.29 is 4.79 Å². The van der Waals surface area contributed by atoms with Gasteiger partial charge in [-0.15, -0.1) is 10.2 Å². The second kappa shape index (κ2) is 9.41. The Balaban J connectivity index is 1.99. The van der Waals surface area contributed by atoms with Crippen molar-refractivity contribution in [3.8, 4) is 17.1 Å². The third-order valence-corrected chi connectivity index (χ3v) is 5.83. The molecular formula is C19H19Cl2N5OS. The number of nitrogens with zero attached hydrogens (tertiary/aromatic N) is 5. The highest BCUT2D eigenvalue weighted by Crippen LogP contribution is 2.31. The average molecular weight is 436 g/mol. The number of rotatable bonds is 7. The number of hydrogen-bond donors (Lipinski definition) is 0. The Bertz CT molecular complexity index is 960. The van der Waals surface area contributed by atoms with Crippen LogP contribution < -0.4 is 0 Å². The van der Waals surface area contributed by atoms with E-state index >= 15 is 0 Å². The van der Waals surface area contributed by atoms with Gasteiger partial charge in [0.15, 0.2) is 11.0 Å². The normalized spacial score (nSPS) is 10.9. The maximum absolute atomic E-state index is 12.4. The number of aromatic nitrogens is 4. The molecule has 0 atom stereocenters. The maximum atomic E-state index is 12.4. The number of halogens is 2. The summed E-state index contributed by atoms with van der Waals surface area (Å²) in [5, 5.41) is 10.2. The number of carbonyl (C=O) groups excluding carboxylic acids is 1. The molecule has 1 aromatic carbocycles. The Labute approximate surface area is 177 Å². The molecule has 0 N–H and O–H groups in total. The van der Waals surface area contributed by atoms with Gasteiger partial charge in [-0.1, -0.05) is 35.0 Å². The fourth-order valence-corrected chi connectivity index (χ4v) is 3.85. The zero-order valence-electron chi connectivity index (χ0n) is 15.5. The third kappa shape index (κ3) is 4.48. The standard InChI is InChI=1S/C19H19Cl2N5OS/c1-3-25(4-2)17(27)12-28-19-24-23-18(13-7-9-22-10-8-13)26(19)14-5-6-15(20)16(21)11-14/h5-11H,3-4,12H2,1-2H3. The molecule has 0 radical (unpaired) electrons. The summed E-state index contributed by atoms with van der Waals surface area (Å²) in [6, 6.07) is 9.04. The molecule has 3 rings (SSSR count). The molecule has 0 unspecified atom stereocenters. The largest absolute Gasteiger partial charge is 0.343 e. The SMILES string of the molecule is CCN(CC)C(=O)CSc1nnc(-c2ccncc2)n1-c1ccc(Cl)c(Cl)c1. The lowest BCUT2D eigenvalue weighted by atomic mass is 10.2. The number of hydrogen-bond acceptors (Lipinski definition) is 5. The number of pyridine rings is 1. The summed E-state index contributed by atoms with van der Waals surface area (Å²) in [5.41, 5.74) is 1.62. The molecule has 2 aromatic heterocycles. The quantitative estimate of drug-likeness (QED) is 0.507. The van der Waals surface area contributed by atoms with Gasteiger partial charge < -0.3 is 4.90 Å². The molecule has 0 saturated carbocycles. The third-order valence-electron chi connectivity index (χ3n) is 4.17. The first kappa shape index (κ1) is 20.6. The molecule has 0 aliphatic rings. The number of carbonyl (C=O) groups is 1. The molecule has 146 valence electrons. The maximum Gasteiger partial charge on any atom is 0.233 e. The summed E-state index contributed by atoms with van der Waals surface area (Å²) in [4.78, 5) is 18.2. The van der Waals surface area contributed by atoms with Gasteiger partial charge >= 0.3 is 0 Å². The fourth-order valence-electron chi connectivity index (χ4n) is 2.70. The van der Waals surface area contributed by atoms with Crippen LogP contribution in [0.2, 0.25) is 10.0 Å². The molecular weight excluding hydrogens is 417 g/mol. The first-order chi connectivity index (χ1) is 13.5. The Morgan fingerprint density at radius 1 is 1.07 bits per heavy atom. The van der Waals surface area contributed by atoms with E-state index in [2.05, 4.69) is 15.2 Å². The Kier molecular flexibility index (Phi) is 6.93. The van der Waals surface area contributed by atoms with E-state index in [1.54, 1.807) is 29.4 Å². The van der Waals surface area contributed by atoms with Gasteiger partial charge in [0.25, 0.3) is 0 Å². The van der Waals surface area contributed by atoms with Crippen molar-refractivity contribution >= 4 is 40.9 Å². The first-order valence-corrected chi connectivity index (χ1v) is 10.5. The molecule has 2 heterocycles. The van der Waals surface area contributed by atoms with Gasteiger partial charge in [0.1, 0.15) is 0 Å². The molecule has 6 nitrogen and oxygen atoms in total. The van der Waals surface area contributed by atoms with Crippen molar-refractivity contribution in [3.05, 3.63) is 52.8 Å². The van der Waals surface area contributed by atoms with Gasteiger partial charge in [-0.3, -0.25) is 14.3 Å². The molecule has 0 saturated heterocycles. The van der Waals surface area contributed by atoms with Gasteiger partial charge in [-0.2, -0.15) is 0 Å². The summed E-state index contributed by atoms with van der Waals surface area (Å²) in [7, 11) is 0. The van der Waals surface area contributed by atoms with Crippen molar-refractivity contribution in [2.45, 2.75) is 19.0 Å². The van der Waals surface area contributed by atoms with Gasteiger partial charge in [0.2, 0.25) is 5.91 Å². The molecule has 9 heteroatoms. The topological polar surface area (TPSA) is 63.9 Å². The highest BCUT2D eigenvalue weighted by Gasteiger charge is 2.19. The minimum atomic E-state index is 0.0594. The number of thioether (sulfide) groups is 1. The van der Waals surface area contributed by atoms with Crippen LogP contribution in [-0.2, 0) is 4.79 Å². The smallest absolute Gasteiger partial charge is 0.233 e. The van der Waals surface area contributed by atoms with E-state index in [-0.39, 0.29) is 11.7 Å². The van der Waals surface area contributed by atoms with Gasteiger partial charge in [-0.25, -0.2) is 0 Å². The van der Waals surface area contributed by atoms with Crippen LogP contribution in [-0.4, -0.2) is 49.4 Å². The van der Waals surface area contributed by atoms with E-state index in [0.29, 0.717) is 34.1 Å². The minimum absolute atomic E-state index is 0.0594. The molecule has 0 bridgehead atoms. The van der Waals surface area contributed by atoms with E-state index in [1.807, 2.05) is 36.6 Å². The van der Waals surface area contributed by atoms with Crippen molar-refractivity contribution in [2.75, 3.05) is 18.8 Å². The van der Waals surface area contributed by atoms with Gasteiger partial charge in [0.05, 0.1) is 21.5 Å². The molecule has 0 fully saturated rings. The van der Waals surface area contributed by atoms with Gasteiger partial charge in [0, 0.05) is 31.0 Å². The number of benzene rings is 1. The van der Waals surface area contributed by atoms with Crippen molar-refractivity contribution in [1.29, 1.82) is 0 Å². The van der Waals surface area contributed by atoms with Crippen LogP contribution in [0.1, 0.15) is 13.8 Å². The van der Waals surface area contributed by atoms with Crippen LogP contribution in [0, 0.1) is 0 Å². The van der Waals surface area contributed by atoms with E-state index in [4.69, 9.17) is 23.2 Å². The van der Waals surface area contributed by atoms with Crippen LogP contribution in [0.4, 0.5) is 0 Å². The zero-order chi connectivity index (χ0) is 20.1. The minimum Gasteiger partial charge on any atom is -0.343 e.